The molecule has 0 bridgehead atoms. The van der Waals surface area contributed by atoms with E-state index in [1.807, 2.05) is 85.5 Å². The molecular weight excluding hydrogens is 485 g/mol. The van der Waals surface area contributed by atoms with E-state index in [4.69, 9.17) is 0 Å². The van der Waals surface area contributed by atoms with E-state index in [2.05, 4.69) is 31.2 Å². The zero-order valence-electron chi connectivity index (χ0n) is 17.1. The first-order chi connectivity index (χ1) is 12.2. The van der Waals surface area contributed by atoms with Gasteiger partial charge in [0.05, 0.1) is 33.5 Å². The summed E-state index contributed by atoms with van der Waals surface area (Å²) < 4.78 is 4.18. The Kier molecular flexibility index (Phi) is 12.8. The molecule has 4 aromatic rings. The monoisotopic (exact) mass is 511 g/mol. The van der Waals surface area contributed by atoms with Crippen LogP contribution >= 0.6 is 0 Å². The second kappa shape index (κ2) is 13.0. The number of aryl methyl sites for hydroxylation is 2. The van der Waals surface area contributed by atoms with Gasteiger partial charge in [-0.15, -0.1) is 0 Å². The van der Waals surface area contributed by atoms with E-state index < -0.39 is 0 Å². The Balaban J connectivity index is 0.00000106. The van der Waals surface area contributed by atoms with E-state index in [0.717, 1.165) is 33.5 Å². The van der Waals surface area contributed by atoms with Gasteiger partial charge in [-0.2, -0.15) is 0 Å². The summed E-state index contributed by atoms with van der Waals surface area (Å²) in [5.41, 5.74) is 6.09. The van der Waals surface area contributed by atoms with Crippen LogP contribution in [0.15, 0.2) is 48.5 Å². The van der Waals surface area contributed by atoms with E-state index in [9.17, 15) is 0 Å². The SMILES string of the molecule is CC.CC.Cn1c([B]c2nc3ccccc3n2C)nc2ccccc21.[Y].[Y]. The minimum absolute atomic E-state index is 0. The molecule has 4 rings (SSSR count). The summed E-state index contributed by atoms with van der Waals surface area (Å²) in [5.74, 6) is 0. The van der Waals surface area contributed by atoms with Gasteiger partial charge in [0.15, 0.2) is 0 Å². The summed E-state index contributed by atoms with van der Waals surface area (Å²) in [6.45, 7) is 8.00. The second-order valence-corrected chi connectivity index (χ2v) is 5.18. The molecule has 2 heterocycles. The Bertz CT molecular complexity index is 885. The van der Waals surface area contributed by atoms with Crippen molar-refractivity contribution in [3.8, 4) is 0 Å². The van der Waals surface area contributed by atoms with Crippen molar-refractivity contribution in [2.24, 2.45) is 14.1 Å². The van der Waals surface area contributed by atoms with Gasteiger partial charge in [-0.25, -0.2) is 9.97 Å². The van der Waals surface area contributed by atoms with Crippen LogP contribution in [0, 0.1) is 0 Å². The van der Waals surface area contributed by atoms with E-state index in [1.165, 1.54) is 0 Å². The van der Waals surface area contributed by atoms with Gasteiger partial charge in [0.2, 0.25) is 0 Å². The van der Waals surface area contributed by atoms with Crippen LogP contribution in [0.25, 0.3) is 22.1 Å². The summed E-state index contributed by atoms with van der Waals surface area (Å²) in [7, 11) is 6.09. The van der Waals surface area contributed by atoms with E-state index >= 15 is 0 Å². The molecule has 0 saturated carbocycles. The number of hydrogen-bond acceptors (Lipinski definition) is 2. The van der Waals surface area contributed by atoms with E-state index in [0.29, 0.717) is 0 Å². The van der Waals surface area contributed by atoms with Crippen molar-refractivity contribution >= 4 is 40.8 Å². The first kappa shape index (κ1) is 26.7. The smallest absolute Gasteiger partial charge is 0.289 e. The fourth-order valence-electron chi connectivity index (χ4n) is 2.70. The summed E-state index contributed by atoms with van der Waals surface area (Å²) >= 11 is 0. The first-order valence-corrected chi connectivity index (χ1v) is 8.92. The quantitative estimate of drug-likeness (QED) is 0.388. The molecule has 2 aromatic carbocycles. The summed E-state index contributed by atoms with van der Waals surface area (Å²) in [5, 5.41) is 0. The molecule has 0 N–H and O–H groups in total. The largest absolute Gasteiger partial charge is 0.339 e. The van der Waals surface area contributed by atoms with Crippen LogP contribution in [0.3, 0.4) is 0 Å². The van der Waals surface area contributed by atoms with Crippen LogP contribution in [-0.4, -0.2) is 26.4 Å². The van der Waals surface area contributed by atoms with Crippen molar-refractivity contribution in [3.63, 3.8) is 0 Å². The van der Waals surface area contributed by atoms with Crippen LogP contribution in [0.4, 0.5) is 0 Å². The normalized spacial score (nSPS) is 9.26. The predicted molar refractivity (Wildman–Crippen MR) is 109 cm³/mol. The Morgan fingerprint density at radius 2 is 0.963 bits per heavy atom. The second-order valence-electron chi connectivity index (χ2n) is 5.18. The number of para-hydroxylation sites is 4. The van der Waals surface area contributed by atoms with Gasteiger partial charge in [-0.05, 0) is 24.3 Å². The molecule has 7 heteroatoms. The minimum atomic E-state index is 0. The molecule has 0 unspecified atom stereocenters. The standard InChI is InChI=1S/C16H14BN4.2C2H6.2Y/c1-20-13-9-5-3-7-11(13)18-15(20)17-16-19-12-8-4-6-10-14(12)21(16)2;2*1-2;;/h3-10H,1-2H3;2*1-2H3;;. The average molecular weight is 511 g/mol. The number of nitrogens with zero attached hydrogens (tertiary/aromatic N) is 4. The van der Waals surface area contributed by atoms with Crippen molar-refractivity contribution in [3.05, 3.63) is 48.5 Å². The fourth-order valence-corrected chi connectivity index (χ4v) is 2.70. The predicted octanol–water partition coefficient (Wildman–Crippen LogP) is 3.16. The third-order valence-electron chi connectivity index (χ3n) is 3.90. The summed E-state index contributed by atoms with van der Waals surface area (Å²) in [4.78, 5) is 9.35. The van der Waals surface area contributed by atoms with Crippen molar-refractivity contribution < 1.29 is 65.4 Å². The van der Waals surface area contributed by atoms with E-state index in [-0.39, 0.29) is 65.4 Å². The maximum atomic E-state index is 4.67. The van der Waals surface area contributed by atoms with Gasteiger partial charge in [0.1, 0.15) is 0 Å². The fraction of sp³-hybridized carbons (Fsp3) is 0.300. The van der Waals surface area contributed by atoms with Gasteiger partial charge in [-0.3, -0.25) is 0 Å². The molecule has 3 radical (unpaired) electrons. The van der Waals surface area contributed by atoms with Gasteiger partial charge in [0.25, 0.3) is 7.28 Å². The van der Waals surface area contributed by atoms with Crippen LogP contribution in [0.2, 0.25) is 0 Å². The third-order valence-corrected chi connectivity index (χ3v) is 3.90. The minimum Gasteiger partial charge on any atom is -0.339 e. The van der Waals surface area contributed by atoms with Crippen molar-refractivity contribution in [2.45, 2.75) is 27.7 Å². The Hall–Kier alpha value is -0.347. The number of hydrogen-bond donors (Lipinski definition) is 0. The Morgan fingerprint density at radius 1 is 0.630 bits per heavy atom. The van der Waals surface area contributed by atoms with E-state index in [1.54, 1.807) is 0 Å². The topological polar surface area (TPSA) is 35.6 Å². The molecule has 27 heavy (non-hydrogen) atoms. The maximum Gasteiger partial charge on any atom is 0.289 e. The molecule has 0 saturated heterocycles. The van der Waals surface area contributed by atoms with Gasteiger partial charge in [-0.1, -0.05) is 52.0 Å². The molecule has 135 valence electrons. The Labute approximate surface area is 213 Å². The van der Waals surface area contributed by atoms with Crippen LogP contribution in [0.5, 0.6) is 0 Å². The number of imidazole rings is 2. The van der Waals surface area contributed by atoms with Gasteiger partial charge in [0, 0.05) is 79.5 Å². The molecule has 4 nitrogen and oxygen atoms in total. The third kappa shape index (κ3) is 5.82. The molecule has 0 aliphatic carbocycles. The molecule has 0 aliphatic heterocycles. The van der Waals surface area contributed by atoms with Crippen LogP contribution in [-0.2, 0) is 79.5 Å². The van der Waals surface area contributed by atoms with Crippen LogP contribution in [0.1, 0.15) is 27.7 Å². The Morgan fingerprint density at radius 3 is 1.30 bits per heavy atom. The molecule has 2 aromatic heterocycles. The van der Waals surface area contributed by atoms with Crippen molar-refractivity contribution in [1.29, 1.82) is 0 Å². The average Bonchev–Trinajstić information content (AvgIpc) is 3.17. The number of rotatable bonds is 2. The molecule has 0 aliphatic rings. The molecule has 0 atom stereocenters. The number of benzene rings is 2. The molecule has 0 amide bonds. The molecule has 0 fully saturated rings. The van der Waals surface area contributed by atoms with Gasteiger partial charge >= 0.3 is 0 Å². The zero-order chi connectivity index (χ0) is 18.4. The summed E-state index contributed by atoms with van der Waals surface area (Å²) in [6.07, 6.45) is 0. The number of aromatic nitrogens is 4. The van der Waals surface area contributed by atoms with Crippen molar-refractivity contribution in [1.82, 2.24) is 19.1 Å². The zero-order valence-corrected chi connectivity index (χ0v) is 22.8. The molecule has 0 spiro atoms. The summed E-state index contributed by atoms with van der Waals surface area (Å²) in [6, 6.07) is 16.3. The van der Waals surface area contributed by atoms with Crippen molar-refractivity contribution in [2.75, 3.05) is 0 Å². The number of fused-ring (bicyclic) bond motifs is 2. The first-order valence-electron chi connectivity index (χ1n) is 8.92. The van der Waals surface area contributed by atoms with Crippen LogP contribution < -0.4 is 11.4 Å². The maximum absolute atomic E-state index is 4.67. The van der Waals surface area contributed by atoms with Gasteiger partial charge < -0.3 is 9.13 Å². The molecular formula is C20H26BN4Y2.